The number of hydrogen-bond acceptors (Lipinski definition) is 2. The van der Waals surface area contributed by atoms with Crippen LogP contribution in [-0.4, -0.2) is 16.7 Å². The quantitative estimate of drug-likeness (QED) is 0.712. The molecule has 3 N–H and O–H groups in total. The summed E-state index contributed by atoms with van der Waals surface area (Å²) >= 11 is 0. The van der Waals surface area contributed by atoms with Crippen LogP contribution in [0.4, 0.5) is 0 Å². The molecule has 0 saturated heterocycles. The second kappa shape index (κ2) is 4.26. The summed E-state index contributed by atoms with van der Waals surface area (Å²) in [6.45, 7) is 5.10. The fourth-order valence-electron chi connectivity index (χ4n) is 1.30. The van der Waals surface area contributed by atoms with Crippen LogP contribution in [0.5, 0.6) is 0 Å². The maximum atomic E-state index is 5.44. The van der Waals surface area contributed by atoms with E-state index >= 15 is 0 Å². The number of nitrogens with two attached hydrogens (primary N) is 1. The molecule has 3 nitrogen and oxygen atoms in total. The van der Waals surface area contributed by atoms with Crippen molar-refractivity contribution in [3.05, 3.63) is 17.5 Å². The molecule has 0 radical (unpaired) electrons. The molecule has 1 aromatic heterocycles. The molecule has 3 heteroatoms. The molecule has 1 rings (SSSR count). The van der Waals surface area contributed by atoms with Gasteiger partial charge in [0.1, 0.15) is 0 Å². The smallest absolute Gasteiger partial charge is 0.0524 e. The summed E-state index contributed by atoms with van der Waals surface area (Å²) in [4.78, 5) is 0. The normalized spacial score (nSPS) is 11.0. The van der Waals surface area contributed by atoms with E-state index in [1.807, 2.05) is 6.20 Å². The number of nitrogens with zero attached hydrogens (tertiary/aromatic N) is 1. The minimum absolute atomic E-state index is 0.552. The fraction of sp³-hybridized carbons (Fsp3) is 0.667. The molecule has 0 aliphatic rings. The van der Waals surface area contributed by atoms with Gasteiger partial charge in [0.15, 0.2) is 0 Å². The molecule has 1 heterocycles. The highest BCUT2D eigenvalue weighted by atomic mass is 15.1. The van der Waals surface area contributed by atoms with Crippen molar-refractivity contribution < 1.29 is 0 Å². The molecule has 68 valence electrons. The zero-order valence-electron chi connectivity index (χ0n) is 7.80. The molecule has 0 fully saturated rings. The first-order valence-corrected chi connectivity index (χ1v) is 4.48. The highest BCUT2D eigenvalue weighted by Crippen LogP contribution is 2.17. The predicted molar refractivity (Wildman–Crippen MR) is 50.1 cm³/mol. The molecule has 0 aromatic carbocycles. The molecule has 0 unspecified atom stereocenters. The predicted octanol–water partition coefficient (Wildman–Crippen LogP) is 1.42. The first-order chi connectivity index (χ1) is 5.75. The van der Waals surface area contributed by atoms with Crippen LogP contribution in [0.25, 0.3) is 0 Å². The molecule has 1 aromatic rings. The van der Waals surface area contributed by atoms with E-state index in [1.165, 1.54) is 11.3 Å². The van der Waals surface area contributed by atoms with Gasteiger partial charge in [-0.25, -0.2) is 0 Å². The Morgan fingerprint density at radius 1 is 1.58 bits per heavy atom. The Kier molecular flexibility index (Phi) is 3.29. The summed E-state index contributed by atoms with van der Waals surface area (Å²) in [6, 6.07) is 0. The number of nitrogens with one attached hydrogen (secondary N) is 1. The van der Waals surface area contributed by atoms with Crippen LogP contribution in [0.2, 0.25) is 0 Å². The van der Waals surface area contributed by atoms with Crippen LogP contribution in [0.15, 0.2) is 6.20 Å². The van der Waals surface area contributed by atoms with Crippen molar-refractivity contribution in [2.45, 2.75) is 32.6 Å². The lowest BCUT2D eigenvalue weighted by molar-refractivity contribution is 0.774. The van der Waals surface area contributed by atoms with Crippen molar-refractivity contribution in [2.24, 2.45) is 5.73 Å². The topological polar surface area (TPSA) is 54.7 Å². The van der Waals surface area contributed by atoms with Crippen LogP contribution in [0, 0.1) is 0 Å². The zero-order chi connectivity index (χ0) is 8.97. The van der Waals surface area contributed by atoms with Gasteiger partial charge in [-0.2, -0.15) is 5.10 Å². The molecule has 0 saturated carbocycles. The molecule has 0 amide bonds. The van der Waals surface area contributed by atoms with Gasteiger partial charge in [-0.05, 0) is 30.9 Å². The largest absolute Gasteiger partial charge is 0.330 e. The molecule has 0 bridgehead atoms. The van der Waals surface area contributed by atoms with Gasteiger partial charge in [-0.15, -0.1) is 0 Å². The number of hydrogen-bond donors (Lipinski definition) is 2. The lowest BCUT2D eigenvalue weighted by Gasteiger charge is -2.04. The van der Waals surface area contributed by atoms with E-state index in [9.17, 15) is 0 Å². The molecular weight excluding hydrogens is 150 g/mol. The minimum atomic E-state index is 0.552. The summed E-state index contributed by atoms with van der Waals surface area (Å²) in [6.07, 6.45) is 3.96. The van der Waals surface area contributed by atoms with E-state index in [0.29, 0.717) is 5.92 Å². The Labute approximate surface area is 73.4 Å². The average molecular weight is 167 g/mol. The van der Waals surface area contributed by atoms with Crippen molar-refractivity contribution in [3.63, 3.8) is 0 Å². The lowest BCUT2D eigenvalue weighted by atomic mass is 10.0. The van der Waals surface area contributed by atoms with Gasteiger partial charge in [0, 0.05) is 5.69 Å². The van der Waals surface area contributed by atoms with Gasteiger partial charge in [0.25, 0.3) is 0 Å². The number of H-pyrrole nitrogens is 1. The average Bonchev–Trinajstić information content (AvgIpc) is 2.48. The Balaban J connectivity index is 2.64. The summed E-state index contributed by atoms with van der Waals surface area (Å²) in [5.41, 5.74) is 8.01. The van der Waals surface area contributed by atoms with Crippen molar-refractivity contribution in [3.8, 4) is 0 Å². The number of aryl methyl sites for hydroxylation is 1. The van der Waals surface area contributed by atoms with E-state index in [0.717, 1.165) is 19.4 Å². The van der Waals surface area contributed by atoms with Crippen LogP contribution in [-0.2, 0) is 6.42 Å². The van der Waals surface area contributed by atoms with Crippen LogP contribution in [0.1, 0.15) is 37.4 Å². The minimum Gasteiger partial charge on any atom is -0.330 e. The lowest BCUT2D eigenvalue weighted by Crippen LogP contribution is -2.02. The van der Waals surface area contributed by atoms with Crippen molar-refractivity contribution in [1.29, 1.82) is 0 Å². The third kappa shape index (κ3) is 2.08. The second-order valence-electron chi connectivity index (χ2n) is 3.35. The van der Waals surface area contributed by atoms with Gasteiger partial charge in [0.05, 0.1) is 6.20 Å². The maximum absolute atomic E-state index is 5.44. The molecule has 0 spiro atoms. The molecule has 0 atom stereocenters. The zero-order valence-corrected chi connectivity index (χ0v) is 7.80. The molecule has 0 aliphatic carbocycles. The monoisotopic (exact) mass is 167 g/mol. The summed E-state index contributed by atoms with van der Waals surface area (Å²) in [5.74, 6) is 0.552. The van der Waals surface area contributed by atoms with Gasteiger partial charge in [0.2, 0.25) is 0 Å². The van der Waals surface area contributed by atoms with Crippen LogP contribution in [0.3, 0.4) is 0 Å². The van der Waals surface area contributed by atoms with Crippen molar-refractivity contribution in [2.75, 3.05) is 6.54 Å². The van der Waals surface area contributed by atoms with E-state index in [-0.39, 0.29) is 0 Å². The third-order valence-corrected chi connectivity index (χ3v) is 2.00. The van der Waals surface area contributed by atoms with E-state index in [1.54, 1.807) is 0 Å². The Morgan fingerprint density at radius 3 is 2.92 bits per heavy atom. The number of rotatable bonds is 4. The van der Waals surface area contributed by atoms with Crippen molar-refractivity contribution in [1.82, 2.24) is 10.2 Å². The van der Waals surface area contributed by atoms with Gasteiger partial charge >= 0.3 is 0 Å². The van der Waals surface area contributed by atoms with E-state index < -0.39 is 0 Å². The summed E-state index contributed by atoms with van der Waals surface area (Å²) in [5, 5.41) is 7.05. The van der Waals surface area contributed by atoms with Crippen LogP contribution >= 0.6 is 0 Å². The molecular formula is C9H17N3. The molecule has 12 heavy (non-hydrogen) atoms. The standard InChI is InChI=1S/C9H17N3/c1-7(2)8-6-11-12-9(8)4-3-5-10/h6-7H,3-5,10H2,1-2H3,(H,11,12). The Hall–Kier alpha value is -0.830. The van der Waals surface area contributed by atoms with Crippen LogP contribution < -0.4 is 5.73 Å². The fourth-order valence-corrected chi connectivity index (χ4v) is 1.30. The van der Waals surface area contributed by atoms with Gasteiger partial charge < -0.3 is 5.73 Å². The van der Waals surface area contributed by atoms with Gasteiger partial charge in [-0.1, -0.05) is 13.8 Å². The van der Waals surface area contributed by atoms with Gasteiger partial charge in [-0.3, -0.25) is 5.10 Å². The number of aromatic nitrogens is 2. The first-order valence-electron chi connectivity index (χ1n) is 4.48. The SMILES string of the molecule is CC(C)c1cn[nH]c1CCCN. The summed E-state index contributed by atoms with van der Waals surface area (Å²) in [7, 11) is 0. The van der Waals surface area contributed by atoms with E-state index in [4.69, 9.17) is 5.73 Å². The first kappa shape index (κ1) is 9.26. The highest BCUT2D eigenvalue weighted by Gasteiger charge is 2.07. The molecule has 0 aliphatic heterocycles. The highest BCUT2D eigenvalue weighted by molar-refractivity contribution is 5.19. The Morgan fingerprint density at radius 2 is 2.33 bits per heavy atom. The Bertz CT molecular complexity index is 227. The number of aromatic amines is 1. The summed E-state index contributed by atoms with van der Waals surface area (Å²) < 4.78 is 0. The van der Waals surface area contributed by atoms with Crippen molar-refractivity contribution >= 4 is 0 Å². The van der Waals surface area contributed by atoms with E-state index in [2.05, 4.69) is 24.0 Å². The third-order valence-electron chi connectivity index (χ3n) is 2.00. The second-order valence-corrected chi connectivity index (χ2v) is 3.35. The maximum Gasteiger partial charge on any atom is 0.0524 e.